The Labute approximate surface area is 215 Å². The number of nitrogens with one attached hydrogen (secondary N) is 1. The standard InChI is InChI=1S/C31H26N4O2/c1-22-11-17-27(18-12-22)35-30(26-15-13-25(14-16-26)24-8-4-3-5-9-24)20-29(34-35)31(36)33-32-21-23-7-6-10-28(19-23)37-2/h3-21H,1-2H3,(H,33,36)/b32-21-. The Hall–Kier alpha value is -4.97. The van der Waals surface area contributed by atoms with Crippen molar-refractivity contribution in [2.45, 2.75) is 6.92 Å². The Kier molecular flexibility index (Phi) is 6.90. The number of hydrazone groups is 1. The van der Waals surface area contributed by atoms with Crippen LogP contribution in [0.4, 0.5) is 0 Å². The van der Waals surface area contributed by atoms with E-state index in [0.29, 0.717) is 0 Å². The zero-order chi connectivity index (χ0) is 25.6. The van der Waals surface area contributed by atoms with Gasteiger partial charge in [-0.05, 0) is 53.9 Å². The number of ether oxygens (including phenoxy) is 1. The number of aromatic nitrogens is 2. The molecule has 0 bridgehead atoms. The lowest BCUT2D eigenvalue weighted by molar-refractivity contribution is 0.0949. The fraction of sp³-hybridized carbons (Fsp3) is 0.0645. The van der Waals surface area contributed by atoms with Crippen molar-refractivity contribution < 1.29 is 9.53 Å². The number of rotatable bonds is 7. The molecule has 0 fully saturated rings. The molecule has 0 saturated heterocycles. The first kappa shape index (κ1) is 23.8. The monoisotopic (exact) mass is 486 g/mol. The van der Waals surface area contributed by atoms with Crippen molar-refractivity contribution in [1.82, 2.24) is 15.2 Å². The first-order valence-corrected chi connectivity index (χ1v) is 11.9. The van der Waals surface area contributed by atoms with Gasteiger partial charge in [0.05, 0.1) is 24.7 Å². The van der Waals surface area contributed by atoms with Gasteiger partial charge >= 0.3 is 0 Å². The highest BCUT2D eigenvalue weighted by molar-refractivity contribution is 5.94. The fourth-order valence-electron chi connectivity index (χ4n) is 3.99. The van der Waals surface area contributed by atoms with Crippen molar-refractivity contribution in [3.05, 3.63) is 126 Å². The van der Waals surface area contributed by atoms with E-state index in [1.54, 1.807) is 24.1 Å². The summed E-state index contributed by atoms with van der Waals surface area (Å²) in [6.07, 6.45) is 1.57. The number of amides is 1. The van der Waals surface area contributed by atoms with E-state index < -0.39 is 5.91 Å². The molecule has 6 nitrogen and oxygen atoms in total. The predicted molar refractivity (Wildman–Crippen MR) is 147 cm³/mol. The third kappa shape index (κ3) is 5.49. The fourth-order valence-corrected chi connectivity index (χ4v) is 3.99. The molecule has 0 aliphatic carbocycles. The maximum atomic E-state index is 13.0. The van der Waals surface area contributed by atoms with E-state index in [4.69, 9.17) is 4.74 Å². The van der Waals surface area contributed by atoms with E-state index in [1.165, 1.54) is 0 Å². The minimum absolute atomic E-state index is 0.269. The topological polar surface area (TPSA) is 68.5 Å². The van der Waals surface area contributed by atoms with Crippen LogP contribution in [0.25, 0.3) is 28.1 Å². The first-order valence-electron chi connectivity index (χ1n) is 11.9. The summed E-state index contributed by atoms with van der Waals surface area (Å²) in [5.74, 6) is 0.321. The number of benzene rings is 4. The summed E-state index contributed by atoms with van der Waals surface area (Å²) >= 11 is 0. The molecule has 1 amide bonds. The van der Waals surface area contributed by atoms with Gasteiger partial charge in [-0.25, -0.2) is 10.1 Å². The molecule has 0 saturated carbocycles. The minimum atomic E-state index is -0.396. The number of aryl methyl sites for hydroxylation is 1. The molecular formula is C31H26N4O2. The Morgan fingerprint density at radius 1 is 0.838 bits per heavy atom. The van der Waals surface area contributed by atoms with Gasteiger partial charge in [0.1, 0.15) is 5.75 Å². The average Bonchev–Trinajstić information content (AvgIpc) is 3.40. The van der Waals surface area contributed by atoms with Gasteiger partial charge in [-0.1, -0.05) is 84.4 Å². The van der Waals surface area contributed by atoms with Crippen LogP contribution in [0.5, 0.6) is 5.75 Å². The zero-order valence-corrected chi connectivity index (χ0v) is 20.6. The molecule has 0 atom stereocenters. The Balaban J connectivity index is 1.44. The van der Waals surface area contributed by atoms with E-state index in [1.807, 2.05) is 85.8 Å². The van der Waals surface area contributed by atoms with Crippen LogP contribution in [0.3, 0.4) is 0 Å². The average molecular weight is 487 g/mol. The van der Waals surface area contributed by atoms with Crippen LogP contribution in [0, 0.1) is 6.92 Å². The molecule has 6 heteroatoms. The van der Waals surface area contributed by atoms with E-state index in [2.05, 4.69) is 39.9 Å². The van der Waals surface area contributed by atoms with Gasteiger partial charge in [0, 0.05) is 5.56 Å². The van der Waals surface area contributed by atoms with Gasteiger partial charge in [-0.2, -0.15) is 10.2 Å². The van der Waals surface area contributed by atoms with Crippen LogP contribution in [0.15, 0.2) is 114 Å². The van der Waals surface area contributed by atoms with E-state index in [-0.39, 0.29) is 5.69 Å². The maximum Gasteiger partial charge on any atom is 0.291 e. The molecule has 1 aromatic heterocycles. The molecule has 0 spiro atoms. The quantitative estimate of drug-likeness (QED) is 0.217. The van der Waals surface area contributed by atoms with Gasteiger partial charge in [0.2, 0.25) is 0 Å². The van der Waals surface area contributed by atoms with Crippen molar-refractivity contribution in [1.29, 1.82) is 0 Å². The summed E-state index contributed by atoms with van der Waals surface area (Å²) in [5, 5.41) is 8.74. The molecule has 5 aromatic rings. The lowest BCUT2D eigenvalue weighted by atomic mass is 10.0. The molecule has 1 N–H and O–H groups in total. The second-order valence-corrected chi connectivity index (χ2v) is 8.58. The largest absolute Gasteiger partial charge is 0.497 e. The smallest absolute Gasteiger partial charge is 0.291 e. The summed E-state index contributed by atoms with van der Waals surface area (Å²) in [7, 11) is 1.61. The van der Waals surface area contributed by atoms with Crippen LogP contribution in [-0.2, 0) is 0 Å². The molecule has 5 rings (SSSR count). The molecule has 0 aliphatic heterocycles. The van der Waals surface area contributed by atoms with E-state index in [9.17, 15) is 4.79 Å². The lowest BCUT2D eigenvalue weighted by Crippen LogP contribution is -2.18. The highest BCUT2D eigenvalue weighted by Gasteiger charge is 2.17. The molecular weight excluding hydrogens is 460 g/mol. The summed E-state index contributed by atoms with van der Waals surface area (Å²) in [4.78, 5) is 13.0. The molecule has 4 aromatic carbocycles. The van der Waals surface area contributed by atoms with Crippen LogP contribution in [0.2, 0.25) is 0 Å². The molecule has 0 aliphatic rings. The SMILES string of the molecule is COc1cccc(/C=N\NC(=O)c2cc(-c3ccc(-c4ccccc4)cc3)n(-c3ccc(C)cc3)n2)c1. The van der Waals surface area contributed by atoms with Crippen LogP contribution in [-0.4, -0.2) is 29.0 Å². The number of hydrogen-bond acceptors (Lipinski definition) is 4. The normalized spacial score (nSPS) is 11.0. The number of carbonyl (C=O) groups excluding carboxylic acids is 1. The Morgan fingerprint density at radius 3 is 2.27 bits per heavy atom. The third-order valence-electron chi connectivity index (χ3n) is 5.98. The number of carbonyl (C=O) groups is 1. The third-order valence-corrected chi connectivity index (χ3v) is 5.98. The predicted octanol–water partition coefficient (Wildman–Crippen LogP) is 6.29. The van der Waals surface area contributed by atoms with Crippen molar-refractivity contribution in [3.63, 3.8) is 0 Å². The molecule has 0 unspecified atom stereocenters. The highest BCUT2D eigenvalue weighted by atomic mass is 16.5. The summed E-state index contributed by atoms with van der Waals surface area (Å²) in [6.45, 7) is 2.04. The number of methoxy groups -OCH3 is 1. The zero-order valence-electron chi connectivity index (χ0n) is 20.6. The van der Waals surface area contributed by atoms with Crippen molar-refractivity contribution in [2.75, 3.05) is 7.11 Å². The van der Waals surface area contributed by atoms with Gasteiger partial charge in [-0.15, -0.1) is 0 Å². The molecule has 182 valence electrons. The van der Waals surface area contributed by atoms with Gasteiger partial charge < -0.3 is 4.74 Å². The Morgan fingerprint density at radius 2 is 1.54 bits per heavy atom. The first-order chi connectivity index (χ1) is 18.1. The summed E-state index contributed by atoms with van der Waals surface area (Å²) in [6, 6.07) is 35.7. The van der Waals surface area contributed by atoms with Crippen LogP contribution < -0.4 is 10.2 Å². The molecule has 37 heavy (non-hydrogen) atoms. The van der Waals surface area contributed by atoms with Crippen molar-refractivity contribution in [3.8, 4) is 33.8 Å². The van der Waals surface area contributed by atoms with E-state index in [0.717, 1.165) is 44.9 Å². The summed E-state index contributed by atoms with van der Waals surface area (Å²) in [5.41, 5.74) is 9.71. The van der Waals surface area contributed by atoms with Gasteiger partial charge in [-0.3, -0.25) is 4.79 Å². The maximum absolute atomic E-state index is 13.0. The lowest BCUT2D eigenvalue weighted by Gasteiger charge is -2.09. The van der Waals surface area contributed by atoms with Crippen LogP contribution in [0.1, 0.15) is 21.6 Å². The summed E-state index contributed by atoms with van der Waals surface area (Å²) < 4.78 is 7.02. The van der Waals surface area contributed by atoms with Crippen molar-refractivity contribution in [2.24, 2.45) is 5.10 Å². The minimum Gasteiger partial charge on any atom is -0.497 e. The van der Waals surface area contributed by atoms with Gasteiger partial charge in [0.25, 0.3) is 5.91 Å². The second kappa shape index (κ2) is 10.7. The molecule has 0 radical (unpaired) electrons. The second-order valence-electron chi connectivity index (χ2n) is 8.58. The van der Waals surface area contributed by atoms with Crippen LogP contribution >= 0.6 is 0 Å². The highest BCUT2D eigenvalue weighted by Crippen LogP contribution is 2.27. The Bertz CT molecular complexity index is 1540. The van der Waals surface area contributed by atoms with Crippen molar-refractivity contribution >= 4 is 12.1 Å². The van der Waals surface area contributed by atoms with E-state index >= 15 is 0 Å². The number of nitrogens with zero attached hydrogens (tertiary/aromatic N) is 3. The number of hydrogen-bond donors (Lipinski definition) is 1. The van der Waals surface area contributed by atoms with Gasteiger partial charge in [0.15, 0.2) is 5.69 Å². The molecule has 1 heterocycles.